The van der Waals surface area contributed by atoms with Gasteiger partial charge in [-0.15, -0.1) is 0 Å². The molecule has 0 heterocycles. The molecule has 472 valence electrons. The smallest absolute Gasteiger partial charge is 0.343 e. The summed E-state index contributed by atoms with van der Waals surface area (Å²) in [6, 6.07) is 34.6. The van der Waals surface area contributed by atoms with Crippen molar-refractivity contribution >= 4 is 35.8 Å². The number of hydrogen-bond acceptors (Lipinski definition) is 21. The molecule has 21 nitrogen and oxygen atoms in total. The molecule has 6 aromatic rings. The largest absolute Gasteiger partial charge is 0.493 e. The summed E-state index contributed by atoms with van der Waals surface area (Å²) in [5.41, 5.74) is 1.12. The zero-order valence-electron chi connectivity index (χ0n) is 50.0. The Morgan fingerprint density at radius 3 is 0.899 bits per heavy atom. The molecule has 0 aliphatic heterocycles. The number of benzene rings is 6. The van der Waals surface area contributed by atoms with Crippen LogP contribution in [0, 0.1) is 0 Å². The molecule has 0 fully saturated rings. The molecule has 0 saturated heterocycles. The molecule has 0 amide bonds. The highest BCUT2D eigenvalue weighted by molar-refractivity contribution is 5.94. The van der Waals surface area contributed by atoms with Crippen LogP contribution in [0.1, 0.15) is 92.8 Å². The highest BCUT2D eigenvalue weighted by Crippen LogP contribution is 2.31. The maximum atomic E-state index is 12.9. The molecular formula is C68H74O21. The molecule has 0 unspecified atom stereocenters. The van der Waals surface area contributed by atoms with E-state index in [2.05, 4.69) is 13.2 Å². The Bertz CT molecular complexity index is 2960. The standard InChI is InChI=1S/C68H74O21/c1-5-63(69)84-37-13-9-7-11-35-82-59-33-19-51(47-61(59)75-3)67(73)88-57-29-25-55(26-30-57)86-65(71)49-15-21-53(22-16-49)80-45-43-78-41-39-77-40-42-79-44-46-81-54-23-17-50(18-24-54)66(72)87-56-27-31-58(32-28-56)89-68(74)52-20-34-60(62(48-52)76-4)83-36-12-8-10-14-38-85-64(70)6-2/h5-6,15-34,47-48H,1-2,7-14,35-46H2,3-4H3. The molecule has 0 atom stereocenters. The van der Waals surface area contributed by atoms with E-state index in [9.17, 15) is 28.8 Å². The first-order chi connectivity index (χ1) is 43.4. The SMILES string of the molecule is C=CC(=O)OCCCCCCOc1ccc(C(=O)Oc2ccc(OC(=O)c3ccc(OCCOCCOCCOCCOc4ccc(C(=O)Oc5ccc(OC(=O)c6ccc(OCCCCCCOC(=O)C=C)c(OC)c6)cc5)cc4)cc3)cc2)cc1OC. The summed E-state index contributed by atoms with van der Waals surface area (Å²) in [4.78, 5) is 73.8. The number of unbranched alkanes of at least 4 members (excludes halogenated alkanes) is 6. The number of rotatable bonds is 42. The first-order valence-corrected chi connectivity index (χ1v) is 28.9. The van der Waals surface area contributed by atoms with E-state index in [0.29, 0.717) is 112 Å². The van der Waals surface area contributed by atoms with E-state index in [1.165, 1.54) is 74.9 Å². The molecular weight excluding hydrogens is 1150 g/mol. The van der Waals surface area contributed by atoms with Crippen molar-refractivity contribution in [1.82, 2.24) is 0 Å². The third-order valence-electron chi connectivity index (χ3n) is 12.6. The lowest BCUT2D eigenvalue weighted by atomic mass is 10.2. The number of methoxy groups -OCH3 is 2. The molecule has 0 N–H and O–H groups in total. The second kappa shape index (κ2) is 39.2. The number of ether oxygens (including phenoxy) is 15. The van der Waals surface area contributed by atoms with Gasteiger partial charge in [-0.05, 0) is 185 Å². The Kier molecular flexibility index (Phi) is 30.1. The molecule has 21 heteroatoms. The van der Waals surface area contributed by atoms with Crippen molar-refractivity contribution in [2.75, 3.05) is 93.5 Å². The molecule has 6 aromatic carbocycles. The number of hydrogen-bond donors (Lipinski definition) is 0. The molecule has 0 aliphatic carbocycles. The van der Waals surface area contributed by atoms with Gasteiger partial charge in [0.05, 0.1) is 103 Å². The Labute approximate surface area is 517 Å². The van der Waals surface area contributed by atoms with Crippen LogP contribution in [-0.4, -0.2) is 129 Å². The van der Waals surface area contributed by atoms with Crippen molar-refractivity contribution in [1.29, 1.82) is 0 Å². The van der Waals surface area contributed by atoms with Gasteiger partial charge in [-0.25, -0.2) is 28.8 Å². The normalized spacial score (nSPS) is 10.6. The maximum absolute atomic E-state index is 12.9. The van der Waals surface area contributed by atoms with Crippen molar-refractivity contribution in [3.63, 3.8) is 0 Å². The quantitative estimate of drug-likeness (QED) is 0.0150. The predicted molar refractivity (Wildman–Crippen MR) is 325 cm³/mol. The number of esters is 6. The fourth-order valence-corrected chi connectivity index (χ4v) is 7.94. The van der Waals surface area contributed by atoms with Crippen molar-refractivity contribution in [2.45, 2.75) is 51.4 Å². The van der Waals surface area contributed by atoms with E-state index in [0.717, 1.165) is 63.5 Å². The molecule has 0 radical (unpaired) electrons. The third-order valence-corrected chi connectivity index (χ3v) is 12.6. The van der Waals surface area contributed by atoms with E-state index >= 15 is 0 Å². The topological polar surface area (TPSA) is 241 Å². The van der Waals surface area contributed by atoms with E-state index in [1.807, 2.05) is 0 Å². The van der Waals surface area contributed by atoms with E-state index in [-0.39, 0.29) is 47.3 Å². The Morgan fingerprint density at radius 2 is 0.584 bits per heavy atom. The second-order valence-corrected chi connectivity index (χ2v) is 19.1. The van der Waals surface area contributed by atoms with Crippen LogP contribution < -0.4 is 47.4 Å². The zero-order valence-corrected chi connectivity index (χ0v) is 50.0. The average molecular weight is 1230 g/mol. The zero-order chi connectivity index (χ0) is 63.3. The minimum atomic E-state index is -0.613. The number of carbonyl (C=O) groups is 6. The van der Waals surface area contributed by atoms with Gasteiger partial charge in [0, 0.05) is 12.2 Å². The van der Waals surface area contributed by atoms with Gasteiger partial charge < -0.3 is 71.1 Å². The summed E-state index contributed by atoms with van der Waals surface area (Å²) in [6.45, 7) is 10.9. The van der Waals surface area contributed by atoms with Gasteiger partial charge in [-0.1, -0.05) is 13.2 Å². The first kappa shape index (κ1) is 68.4. The van der Waals surface area contributed by atoms with Gasteiger partial charge in [0.15, 0.2) is 23.0 Å². The van der Waals surface area contributed by atoms with Crippen molar-refractivity contribution < 1.29 is 99.8 Å². The number of carbonyl (C=O) groups excluding carboxylic acids is 6. The van der Waals surface area contributed by atoms with Gasteiger partial charge in [0.25, 0.3) is 0 Å². The summed E-state index contributed by atoms with van der Waals surface area (Å²) in [6.07, 6.45) is 8.89. The fraction of sp³-hybridized carbons (Fsp3) is 0.324. The third kappa shape index (κ3) is 25.3. The molecule has 0 bridgehead atoms. The van der Waals surface area contributed by atoms with Crippen molar-refractivity contribution in [3.05, 3.63) is 181 Å². The van der Waals surface area contributed by atoms with Crippen LogP contribution in [0.2, 0.25) is 0 Å². The van der Waals surface area contributed by atoms with Gasteiger partial charge in [-0.3, -0.25) is 0 Å². The van der Waals surface area contributed by atoms with Crippen LogP contribution in [0.15, 0.2) is 159 Å². The maximum Gasteiger partial charge on any atom is 0.343 e. The van der Waals surface area contributed by atoms with E-state index in [4.69, 9.17) is 71.1 Å². The summed E-state index contributed by atoms with van der Waals surface area (Å²) in [5.74, 6) is 0.570. The second-order valence-electron chi connectivity index (χ2n) is 19.1. The first-order valence-electron chi connectivity index (χ1n) is 28.9. The fourth-order valence-electron chi connectivity index (χ4n) is 7.94. The van der Waals surface area contributed by atoms with Gasteiger partial charge >= 0.3 is 35.8 Å². The summed E-state index contributed by atoms with van der Waals surface area (Å²) in [7, 11) is 2.96. The molecule has 0 spiro atoms. The van der Waals surface area contributed by atoms with Crippen LogP contribution in [0.25, 0.3) is 0 Å². The summed E-state index contributed by atoms with van der Waals surface area (Å²) >= 11 is 0. The molecule has 89 heavy (non-hydrogen) atoms. The van der Waals surface area contributed by atoms with E-state index < -0.39 is 35.8 Å². The van der Waals surface area contributed by atoms with Gasteiger partial charge in [-0.2, -0.15) is 0 Å². The molecule has 0 saturated carbocycles. The van der Waals surface area contributed by atoms with Crippen LogP contribution in [-0.2, 0) is 33.3 Å². The Balaban J connectivity index is 0.753. The van der Waals surface area contributed by atoms with Crippen LogP contribution in [0.4, 0.5) is 0 Å². The van der Waals surface area contributed by atoms with Crippen LogP contribution in [0.3, 0.4) is 0 Å². The minimum Gasteiger partial charge on any atom is -0.493 e. The molecule has 0 aromatic heterocycles. The van der Waals surface area contributed by atoms with Crippen molar-refractivity contribution in [2.24, 2.45) is 0 Å². The van der Waals surface area contributed by atoms with Crippen LogP contribution in [0.5, 0.6) is 57.5 Å². The minimum absolute atomic E-state index is 0.245. The lowest BCUT2D eigenvalue weighted by Crippen LogP contribution is -2.14. The predicted octanol–water partition coefficient (Wildman–Crippen LogP) is 11.4. The Hall–Kier alpha value is -9.70. The van der Waals surface area contributed by atoms with Crippen LogP contribution >= 0.6 is 0 Å². The molecule has 0 aliphatic rings. The summed E-state index contributed by atoms with van der Waals surface area (Å²) < 4.78 is 82.9. The average Bonchev–Trinajstić information content (AvgIpc) is 2.51. The Morgan fingerprint density at radius 1 is 0.303 bits per heavy atom. The lowest BCUT2D eigenvalue weighted by Gasteiger charge is -2.12. The monoisotopic (exact) mass is 1230 g/mol. The summed E-state index contributed by atoms with van der Waals surface area (Å²) in [5, 5.41) is 0. The highest BCUT2D eigenvalue weighted by Gasteiger charge is 2.18. The van der Waals surface area contributed by atoms with Crippen molar-refractivity contribution in [3.8, 4) is 57.5 Å². The highest BCUT2D eigenvalue weighted by atomic mass is 16.6. The van der Waals surface area contributed by atoms with Gasteiger partial charge in [0.1, 0.15) is 47.7 Å². The van der Waals surface area contributed by atoms with E-state index in [1.54, 1.807) is 72.8 Å². The molecule has 6 rings (SSSR count). The lowest BCUT2D eigenvalue weighted by molar-refractivity contribution is -0.138. The van der Waals surface area contributed by atoms with Gasteiger partial charge in [0.2, 0.25) is 0 Å².